The number of urea groups is 1. The number of carboxylic acid groups (broad SMARTS) is 1. The average molecular weight is 327 g/mol. The van der Waals surface area contributed by atoms with Gasteiger partial charge >= 0.3 is 12.0 Å². The lowest BCUT2D eigenvalue weighted by Gasteiger charge is -2.23. The summed E-state index contributed by atoms with van der Waals surface area (Å²) in [6, 6.07) is 6.58. The van der Waals surface area contributed by atoms with E-state index in [9.17, 15) is 9.59 Å². The molecule has 0 aromatic heterocycles. The number of carboxylic acids is 1. The number of benzene rings is 1. The first-order valence-corrected chi connectivity index (χ1v) is 7.41. The van der Waals surface area contributed by atoms with Gasteiger partial charge in [0.1, 0.15) is 0 Å². The fourth-order valence-electron chi connectivity index (χ4n) is 2.47. The summed E-state index contributed by atoms with van der Waals surface area (Å²) in [5, 5.41) is 12.5. The lowest BCUT2D eigenvalue weighted by atomic mass is 10.1. The molecule has 2 amide bonds. The first-order chi connectivity index (χ1) is 10.5. The molecular weight excluding hydrogens is 308 g/mol. The minimum Gasteiger partial charge on any atom is -0.481 e. The molecule has 1 saturated heterocycles. The number of rotatable bonds is 5. The second-order valence-corrected chi connectivity index (χ2v) is 5.72. The standard InChI is InChI=1S/C15H19ClN2O4/c1-22-9-13(10-2-4-12(16)5-3-10)17-15(21)18-7-6-11(8-18)14(19)20/h2-5,11,13H,6-9H2,1H3,(H,17,21)(H,19,20). The van der Waals surface area contributed by atoms with Crippen LogP contribution in [0.1, 0.15) is 18.0 Å². The van der Waals surface area contributed by atoms with Crippen molar-refractivity contribution in [1.82, 2.24) is 10.2 Å². The van der Waals surface area contributed by atoms with E-state index in [-0.39, 0.29) is 18.6 Å². The maximum Gasteiger partial charge on any atom is 0.317 e. The number of nitrogens with zero attached hydrogens (tertiary/aromatic N) is 1. The van der Waals surface area contributed by atoms with Crippen molar-refractivity contribution in [1.29, 1.82) is 0 Å². The molecule has 120 valence electrons. The lowest BCUT2D eigenvalue weighted by Crippen LogP contribution is -2.42. The quantitative estimate of drug-likeness (QED) is 0.869. The van der Waals surface area contributed by atoms with Crippen molar-refractivity contribution >= 4 is 23.6 Å². The van der Waals surface area contributed by atoms with Gasteiger partial charge in [-0.3, -0.25) is 4.79 Å². The Morgan fingerprint density at radius 2 is 2.14 bits per heavy atom. The largest absolute Gasteiger partial charge is 0.481 e. The van der Waals surface area contributed by atoms with Crippen molar-refractivity contribution < 1.29 is 19.4 Å². The number of halogens is 1. The Morgan fingerprint density at radius 3 is 2.68 bits per heavy atom. The Balaban J connectivity index is 2.00. The van der Waals surface area contributed by atoms with Crippen LogP contribution in [-0.4, -0.2) is 48.8 Å². The smallest absolute Gasteiger partial charge is 0.317 e. The van der Waals surface area contributed by atoms with Crippen molar-refractivity contribution in [2.24, 2.45) is 5.92 Å². The van der Waals surface area contributed by atoms with E-state index in [1.165, 1.54) is 4.90 Å². The molecule has 0 bridgehead atoms. The average Bonchev–Trinajstić information content (AvgIpc) is 2.98. The van der Waals surface area contributed by atoms with E-state index in [4.69, 9.17) is 21.4 Å². The van der Waals surface area contributed by atoms with Crippen molar-refractivity contribution in [3.8, 4) is 0 Å². The SMILES string of the molecule is COCC(NC(=O)N1CCC(C(=O)O)C1)c1ccc(Cl)cc1. The summed E-state index contributed by atoms with van der Waals surface area (Å²) in [4.78, 5) is 24.8. The molecule has 0 saturated carbocycles. The van der Waals surface area contributed by atoms with Gasteiger partial charge in [-0.25, -0.2) is 4.79 Å². The summed E-state index contributed by atoms with van der Waals surface area (Å²) in [7, 11) is 1.56. The van der Waals surface area contributed by atoms with Crippen LogP contribution in [0.15, 0.2) is 24.3 Å². The van der Waals surface area contributed by atoms with Gasteiger partial charge in [0, 0.05) is 25.2 Å². The van der Waals surface area contributed by atoms with E-state index in [1.807, 2.05) is 12.1 Å². The summed E-state index contributed by atoms with van der Waals surface area (Å²) in [5.74, 6) is -1.34. The van der Waals surface area contributed by atoms with Crippen LogP contribution in [0.4, 0.5) is 4.79 Å². The van der Waals surface area contributed by atoms with Gasteiger partial charge in [0.2, 0.25) is 0 Å². The van der Waals surface area contributed by atoms with Crippen molar-refractivity contribution in [3.63, 3.8) is 0 Å². The molecule has 1 aromatic carbocycles. The highest BCUT2D eigenvalue weighted by Crippen LogP contribution is 2.20. The number of methoxy groups -OCH3 is 1. The third-order valence-corrected chi connectivity index (χ3v) is 3.98. The normalized spacial score (nSPS) is 19.0. The van der Waals surface area contributed by atoms with Crippen molar-refractivity contribution in [3.05, 3.63) is 34.9 Å². The number of amides is 2. The topological polar surface area (TPSA) is 78.9 Å². The van der Waals surface area contributed by atoms with Gasteiger partial charge in [0.05, 0.1) is 18.6 Å². The molecule has 1 fully saturated rings. The van der Waals surface area contributed by atoms with E-state index < -0.39 is 11.9 Å². The zero-order valence-corrected chi connectivity index (χ0v) is 13.0. The summed E-state index contributed by atoms with van der Waals surface area (Å²) in [6.45, 7) is 1.01. The maximum atomic E-state index is 12.3. The second-order valence-electron chi connectivity index (χ2n) is 5.28. The predicted molar refractivity (Wildman–Crippen MR) is 81.9 cm³/mol. The Labute approximate surface area is 134 Å². The molecule has 2 N–H and O–H groups in total. The molecule has 2 unspecified atom stereocenters. The third-order valence-electron chi connectivity index (χ3n) is 3.73. The maximum absolute atomic E-state index is 12.3. The number of hydrogen-bond donors (Lipinski definition) is 2. The second kappa shape index (κ2) is 7.47. The number of hydrogen-bond acceptors (Lipinski definition) is 3. The van der Waals surface area contributed by atoms with Crippen LogP contribution in [0.3, 0.4) is 0 Å². The van der Waals surface area contributed by atoms with E-state index in [0.29, 0.717) is 24.6 Å². The summed E-state index contributed by atoms with van der Waals surface area (Å²) >= 11 is 5.87. The summed E-state index contributed by atoms with van der Waals surface area (Å²) < 4.78 is 5.15. The highest BCUT2D eigenvalue weighted by Gasteiger charge is 2.31. The van der Waals surface area contributed by atoms with E-state index in [1.54, 1.807) is 19.2 Å². The number of carbonyl (C=O) groups is 2. The molecule has 7 heteroatoms. The Hall–Kier alpha value is -1.79. The van der Waals surface area contributed by atoms with Gasteiger partial charge in [-0.05, 0) is 24.1 Å². The van der Waals surface area contributed by atoms with Gasteiger partial charge < -0.3 is 20.1 Å². The van der Waals surface area contributed by atoms with Gasteiger partial charge in [-0.15, -0.1) is 0 Å². The first kappa shape index (κ1) is 16.6. The number of ether oxygens (including phenoxy) is 1. The zero-order valence-electron chi connectivity index (χ0n) is 12.3. The molecule has 2 rings (SSSR count). The van der Waals surface area contributed by atoms with E-state index in [2.05, 4.69) is 5.32 Å². The van der Waals surface area contributed by atoms with Crippen LogP contribution >= 0.6 is 11.6 Å². The van der Waals surface area contributed by atoms with Crippen LogP contribution in [0.5, 0.6) is 0 Å². The third kappa shape index (κ3) is 4.11. The molecule has 1 heterocycles. The Kier molecular flexibility index (Phi) is 5.63. The van der Waals surface area contributed by atoms with Gasteiger partial charge in [-0.1, -0.05) is 23.7 Å². The van der Waals surface area contributed by atoms with Gasteiger partial charge in [0.15, 0.2) is 0 Å². The van der Waals surface area contributed by atoms with Crippen molar-refractivity contribution in [2.45, 2.75) is 12.5 Å². The Morgan fingerprint density at radius 1 is 1.45 bits per heavy atom. The minimum atomic E-state index is -0.860. The van der Waals surface area contributed by atoms with Crippen LogP contribution in [0, 0.1) is 5.92 Å². The number of likely N-dealkylation sites (tertiary alicyclic amines) is 1. The van der Waals surface area contributed by atoms with Crippen LogP contribution < -0.4 is 5.32 Å². The molecule has 1 aliphatic heterocycles. The molecular formula is C15H19ClN2O4. The molecule has 22 heavy (non-hydrogen) atoms. The molecule has 0 radical (unpaired) electrons. The number of carbonyl (C=O) groups excluding carboxylic acids is 1. The molecule has 0 spiro atoms. The molecule has 2 atom stereocenters. The number of aliphatic carboxylic acids is 1. The monoisotopic (exact) mass is 326 g/mol. The van der Waals surface area contributed by atoms with Gasteiger partial charge in [0.25, 0.3) is 0 Å². The highest BCUT2D eigenvalue weighted by atomic mass is 35.5. The van der Waals surface area contributed by atoms with Gasteiger partial charge in [-0.2, -0.15) is 0 Å². The highest BCUT2D eigenvalue weighted by molar-refractivity contribution is 6.30. The van der Waals surface area contributed by atoms with Crippen molar-refractivity contribution in [2.75, 3.05) is 26.8 Å². The fraction of sp³-hybridized carbons (Fsp3) is 0.467. The first-order valence-electron chi connectivity index (χ1n) is 7.04. The molecule has 0 aliphatic carbocycles. The number of nitrogens with one attached hydrogen (secondary N) is 1. The molecule has 1 aromatic rings. The van der Waals surface area contributed by atoms with E-state index in [0.717, 1.165) is 5.56 Å². The molecule has 6 nitrogen and oxygen atoms in total. The van der Waals surface area contributed by atoms with Crippen LogP contribution in [-0.2, 0) is 9.53 Å². The summed E-state index contributed by atoms with van der Waals surface area (Å²) in [5.41, 5.74) is 0.883. The van der Waals surface area contributed by atoms with Crippen LogP contribution in [0.2, 0.25) is 5.02 Å². The zero-order chi connectivity index (χ0) is 16.1. The Bertz CT molecular complexity index is 535. The predicted octanol–water partition coefficient (Wildman–Crippen LogP) is 2.14. The lowest BCUT2D eigenvalue weighted by molar-refractivity contribution is -0.141. The van der Waals surface area contributed by atoms with E-state index >= 15 is 0 Å². The fourth-order valence-corrected chi connectivity index (χ4v) is 2.60. The molecule has 1 aliphatic rings. The van der Waals surface area contributed by atoms with Crippen LogP contribution in [0.25, 0.3) is 0 Å². The summed E-state index contributed by atoms with van der Waals surface area (Å²) in [6.07, 6.45) is 0.485. The minimum absolute atomic E-state index is 0.238.